The molecule has 1 aliphatic rings. The van der Waals surface area contributed by atoms with Crippen LogP contribution in [-0.4, -0.2) is 11.5 Å². The lowest BCUT2D eigenvalue weighted by molar-refractivity contribution is -0.118. The summed E-state index contributed by atoms with van der Waals surface area (Å²) >= 11 is 0. The van der Waals surface area contributed by atoms with Crippen molar-refractivity contribution in [2.75, 3.05) is 5.32 Å². The number of fused-ring (bicyclic) bond motifs is 1. The van der Waals surface area contributed by atoms with Crippen molar-refractivity contribution in [3.05, 3.63) is 23.8 Å². The SMILES string of the molecule is CC1(C)CC(=O)Nc2c(F)ccc(F)c2O1. The Balaban J connectivity index is 2.58. The van der Waals surface area contributed by atoms with E-state index in [0.29, 0.717) is 0 Å². The number of carbonyl (C=O) groups is 1. The Kier molecular flexibility index (Phi) is 2.33. The molecule has 0 aromatic heterocycles. The summed E-state index contributed by atoms with van der Waals surface area (Å²) in [6.45, 7) is 3.29. The number of hydrogen-bond acceptors (Lipinski definition) is 2. The van der Waals surface area contributed by atoms with Gasteiger partial charge in [-0.1, -0.05) is 0 Å². The summed E-state index contributed by atoms with van der Waals surface area (Å²) in [5.74, 6) is -2.03. The summed E-state index contributed by atoms with van der Waals surface area (Å²) in [6.07, 6.45) is 0.0422. The Morgan fingerprint density at radius 3 is 2.62 bits per heavy atom. The van der Waals surface area contributed by atoms with Crippen LogP contribution in [0.1, 0.15) is 20.3 Å². The van der Waals surface area contributed by atoms with E-state index >= 15 is 0 Å². The minimum absolute atomic E-state index is 0.0422. The summed E-state index contributed by atoms with van der Waals surface area (Å²) in [7, 11) is 0. The van der Waals surface area contributed by atoms with E-state index in [9.17, 15) is 13.6 Å². The van der Waals surface area contributed by atoms with E-state index in [2.05, 4.69) is 5.32 Å². The highest BCUT2D eigenvalue weighted by Crippen LogP contribution is 2.36. The Labute approximate surface area is 91.4 Å². The van der Waals surface area contributed by atoms with Crippen LogP contribution in [0, 0.1) is 11.6 Å². The highest BCUT2D eigenvalue weighted by Gasteiger charge is 2.32. The molecule has 1 N–H and O–H groups in total. The molecule has 0 unspecified atom stereocenters. The molecule has 3 nitrogen and oxygen atoms in total. The van der Waals surface area contributed by atoms with Gasteiger partial charge in [0.1, 0.15) is 11.3 Å². The lowest BCUT2D eigenvalue weighted by Crippen LogP contribution is -2.31. The molecule has 1 heterocycles. The highest BCUT2D eigenvalue weighted by atomic mass is 19.1. The third-order valence-corrected chi connectivity index (χ3v) is 2.29. The number of carbonyl (C=O) groups excluding carboxylic acids is 1. The number of ether oxygens (including phenoxy) is 1. The van der Waals surface area contributed by atoms with Gasteiger partial charge in [-0.2, -0.15) is 0 Å². The van der Waals surface area contributed by atoms with E-state index in [1.165, 1.54) is 0 Å². The van der Waals surface area contributed by atoms with Gasteiger partial charge in [0, 0.05) is 0 Å². The first kappa shape index (κ1) is 10.9. The fourth-order valence-corrected chi connectivity index (χ4v) is 1.63. The third kappa shape index (κ3) is 1.85. The second kappa shape index (κ2) is 3.43. The van der Waals surface area contributed by atoms with Crippen molar-refractivity contribution in [2.45, 2.75) is 25.9 Å². The van der Waals surface area contributed by atoms with E-state index in [0.717, 1.165) is 12.1 Å². The zero-order valence-electron chi connectivity index (χ0n) is 8.93. The van der Waals surface area contributed by atoms with Gasteiger partial charge < -0.3 is 10.1 Å². The Hall–Kier alpha value is -1.65. The monoisotopic (exact) mass is 227 g/mol. The highest BCUT2D eigenvalue weighted by molar-refractivity contribution is 5.93. The molecule has 16 heavy (non-hydrogen) atoms. The molecule has 1 aromatic rings. The van der Waals surface area contributed by atoms with Crippen molar-refractivity contribution >= 4 is 11.6 Å². The fraction of sp³-hybridized carbons (Fsp3) is 0.364. The summed E-state index contributed by atoms with van der Waals surface area (Å²) in [5.41, 5.74) is -1.08. The van der Waals surface area contributed by atoms with Crippen LogP contribution in [0.15, 0.2) is 12.1 Å². The minimum atomic E-state index is -0.857. The van der Waals surface area contributed by atoms with E-state index in [4.69, 9.17) is 4.74 Å². The second-order valence-corrected chi connectivity index (χ2v) is 4.32. The molecule has 0 saturated carbocycles. The Morgan fingerprint density at radius 2 is 1.94 bits per heavy atom. The molecule has 0 fully saturated rings. The normalized spacial score (nSPS) is 18.1. The molecule has 0 radical (unpaired) electrons. The van der Waals surface area contributed by atoms with Crippen LogP contribution in [0.4, 0.5) is 14.5 Å². The third-order valence-electron chi connectivity index (χ3n) is 2.29. The molecule has 0 bridgehead atoms. The second-order valence-electron chi connectivity index (χ2n) is 4.32. The average molecular weight is 227 g/mol. The number of nitrogens with one attached hydrogen (secondary N) is 1. The maximum Gasteiger partial charge on any atom is 0.228 e. The molecule has 5 heteroatoms. The zero-order valence-corrected chi connectivity index (χ0v) is 8.93. The van der Waals surface area contributed by atoms with Gasteiger partial charge >= 0.3 is 0 Å². The molecule has 1 amide bonds. The summed E-state index contributed by atoms with van der Waals surface area (Å²) in [4.78, 5) is 11.4. The number of anilines is 1. The van der Waals surface area contributed by atoms with Crippen molar-refractivity contribution in [2.24, 2.45) is 0 Å². The number of halogens is 2. The maximum atomic E-state index is 13.5. The first-order valence-corrected chi connectivity index (χ1v) is 4.86. The van der Waals surface area contributed by atoms with Crippen molar-refractivity contribution in [1.29, 1.82) is 0 Å². The summed E-state index contributed by atoms with van der Waals surface area (Å²) in [6, 6.07) is 1.93. The molecule has 0 aliphatic carbocycles. The topological polar surface area (TPSA) is 38.3 Å². The molecule has 2 rings (SSSR count). The fourth-order valence-electron chi connectivity index (χ4n) is 1.63. The number of benzene rings is 1. The van der Waals surface area contributed by atoms with Crippen molar-refractivity contribution in [3.63, 3.8) is 0 Å². The van der Waals surface area contributed by atoms with Crippen molar-refractivity contribution < 1.29 is 18.3 Å². The van der Waals surface area contributed by atoms with Crippen LogP contribution < -0.4 is 10.1 Å². The van der Waals surface area contributed by atoms with Gasteiger partial charge in [0.25, 0.3) is 0 Å². The zero-order chi connectivity index (χ0) is 11.9. The van der Waals surface area contributed by atoms with E-state index in [-0.39, 0.29) is 17.9 Å². The van der Waals surface area contributed by atoms with Gasteiger partial charge in [-0.05, 0) is 26.0 Å². The maximum absolute atomic E-state index is 13.5. The quantitative estimate of drug-likeness (QED) is 0.739. The lowest BCUT2D eigenvalue weighted by atomic mass is 10.1. The standard InChI is InChI=1S/C11H11F2NO2/c1-11(2)5-8(15)14-9-6(12)3-4-7(13)10(9)16-11/h3-4H,5H2,1-2H3,(H,14,15). The van der Waals surface area contributed by atoms with Crippen LogP contribution >= 0.6 is 0 Å². The predicted molar refractivity (Wildman–Crippen MR) is 54.3 cm³/mol. The van der Waals surface area contributed by atoms with Crippen LogP contribution in [0.5, 0.6) is 5.75 Å². The number of amides is 1. The summed E-state index contributed by atoms with van der Waals surface area (Å²) in [5, 5.41) is 2.31. The van der Waals surface area contributed by atoms with Gasteiger partial charge in [0.15, 0.2) is 17.4 Å². The van der Waals surface area contributed by atoms with Crippen molar-refractivity contribution in [1.82, 2.24) is 0 Å². The molecule has 0 saturated heterocycles. The van der Waals surface area contributed by atoms with Crippen LogP contribution in [-0.2, 0) is 4.79 Å². The predicted octanol–water partition coefficient (Wildman–Crippen LogP) is 2.46. The molecule has 86 valence electrons. The molecule has 1 aliphatic heterocycles. The van der Waals surface area contributed by atoms with E-state index < -0.39 is 23.1 Å². The molecule has 0 atom stereocenters. The van der Waals surface area contributed by atoms with Gasteiger partial charge in [-0.3, -0.25) is 4.79 Å². The summed E-state index contributed by atoms with van der Waals surface area (Å²) < 4.78 is 32.2. The van der Waals surface area contributed by atoms with Crippen molar-refractivity contribution in [3.8, 4) is 5.75 Å². The first-order valence-electron chi connectivity index (χ1n) is 4.86. The van der Waals surface area contributed by atoms with Gasteiger partial charge in [-0.25, -0.2) is 8.78 Å². The average Bonchev–Trinajstić information content (AvgIpc) is 2.27. The van der Waals surface area contributed by atoms with E-state index in [1.54, 1.807) is 13.8 Å². The van der Waals surface area contributed by atoms with E-state index in [1.807, 2.05) is 0 Å². The number of hydrogen-bond donors (Lipinski definition) is 1. The van der Waals surface area contributed by atoms with Crippen LogP contribution in [0.3, 0.4) is 0 Å². The molecule has 1 aromatic carbocycles. The Bertz CT molecular complexity index is 458. The minimum Gasteiger partial charge on any atom is -0.482 e. The first-order chi connectivity index (χ1) is 7.39. The molecular weight excluding hydrogens is 216 g/mol. The van der Waals surface area contributed by atoms with Gasteiger partial charge in [0.05, 0.1) is 6.42 Å². The van der Waals surface area contributed by atoms with Crippen LogP contribution in [0.25, 0.3) is 0 Å². The largest absolute Gasteiger partial charge is 0.482 e. The number of rotatable bonds is 0. The van der Waals surface area contributed by atoms with Gasteiger partial charge in [0.2, 0.25) is 5.91 Å². The lowest BCUT2D eigenvalue weighted by Gasteiger charge is -2.23. The van der Waals surface area contributed by atoms with Crippen LogP contribution in [0.2, 0.25) is 0 Å². The molecular formula is C11H11F2NO2. The Morgan fingerprint density at radius 1 is 1.31 bits per heavy atom. The smallest absolute Gasteiger partial charge is 0.228 e. The molecule has 0 spiro atoms. The van der Waals surface area contributed by atoms with Gasteiger partial charge in [-0.15, -0.1) is 0 Å².